The highest BCUT2D eigenvalue weighted by atomic mass is 16.6. The van der Waals surface area contributed by atoms with Gasteiger partial charge in [0.25, 0.3) is 5.91 Å². The average Bonchev–Trinajstić information content (AvgIpc) is 2.96. The number of anilines is 1. The van der Waals surface area contributed by atoms with Gasteiger partial charge in [-0.15, -0.1) is 0 Å². The minimum Gasteiger partial charge on any atom is -0.376 e. The molecule has 1 aliphatic rings. The second-order valence-corrected chi connectivity index (χ2v) is 5.47. The van der Waals surface area contributed by atoms with Crippen molar-refractivity contribution in [1.29, 1.82) is 0 Å². The number of carbonyl (C=O) groups is 1. The van der Waals surface area contributed by atoms with Crippen molar-refractivity contribution in [2.24, 2.45) is 0 Å². The van der Waals surface area contributed by atoms with Crippen molar-refractivity contribution in [2.75, 3.05) is 25.1 Å². The quantitative estimate of drug-likeness (QED) is 0.909. The van der Waals surface area contributed by atoms with Crippen LogP contribution in [0.3, 0.4) is 0 Å². The Morgan fingerprint density at radius 1 is 1.23 bits per heavy atom. The fourth-order valence-corrected chi connectivity index (χ4v) is 2.51. The summed E-state index contributed by atoms with van der Waals surface area (Å²) in [7, 11) is 0. The number of aromatic nitrogens is 2. The van der Waals surface area contributed by atoms with E-state index < -0.39 is 6.10 Å². The van der Waals surface area contributed by atoms with Crippen molar-refractivity contribution in [2.45, 2.75) is 20.0 Å². The maximum atomic E-state index is 12.1. The number of nitrogens with one attached hydrogen (secondary N) is 2. The number of aromatic amines is 1. The molecule has 2 heterocycles. The third kappa shape index (κ3) is 3.35. The largest absolute Gasteiger partial charge is 0.376 e. The van der Waals surface area contributed by atoms with Gasteiger partial charge in [0, 0.05) is 11.6 Å². The van der Waals surface area contributed by atoms with Crippen molar-refractivity contribution < 1.29 is 14.3 Å². The highest BCUT2D eigenvalue weighted by molar-refractivity contribution is 5.94. The summed E-state index contributed by atoms with van der Waals surface area (Å²) in [6.45, 7) is 5.35. The number of aryl methyl sites for hydroxylation is 2. The number of ether oxygens (including phenoxy) is 2. The van der Waals surface area contributed by atoms with Crippen molar-refractivity contribution in [3.05, 3.63) is 35.4 Å². The summed E-state index contributed by atoms with van der Waals surface area (Å²) >= 11 is 0. The summed E-state index contributed by atoms with van der Waals surface area (Å²) in [5.74, 6) is 0.242. The molecule has 2 N–H and O–H groups in total. The number of rotatable bonds is 3. The summed E-state index contributed by atoms with van der Waals surface area (Å²) < 4.78 is 10.6. The van der Waals surface area contributed by atoms with Crippen molar-refractivity contribution in [3.63, 3.8) is 0 Å². The Bertz CT molecular complexity index is 655. The molecular formula is C16H19N3O3. The Morgan fingerprint density at radius 3 is 2.68 bits per heavy atom. The summed E-state index contributed by atoms with van der Waals surface area (Å²) in [4.78, 5) is 12.1. The summed E-state index contributed by atoms with van der Waals surface area (Å²) in [6, 6.07) is 8.08. The zero-order chi connectivity index (χ0) is 15.5. The Morgan fingerprint density at radius 2 is 2.00 bits per heavy atom. The molecule has 6 heteroatoms. The third-order valence-electron chi connectivity index (χ3n) is 3.47. The number of hydrogen-bond donors (Lipinski definition) is 2. The predicted molar refractivity (Wildman–Crippen MR) is 82.7 cm³/mol. The SMILES string of the molecule is Cc1cc(C)cc(-c2cc(NC(=O)[C@@H]3COCCO3)n[nH]2)c1. The Kier molecular flexibility index (Phi) is 4.22. The van der Waals surface area contributed by atoms with Crippen LogP contribution in [-0.2, 0) is 14.3 Å². The second-order valence-electron chi connectivity index (χ2n) is 5.47. The van der Waals surface area contributed by atoms with E-state index in [9.17, 15) is 4.79 Å². The van der Waals surface area contributed by atoms with E-state index >= 15 is 0 Å². The summed E-state index contributed by atoms with van der Waals surface area (Å²) in [5.41, 5.74) is 4.27. The van der Waals surface area contributed by atoms with Crippen LogP contribution in [0.2, 0.25) is 0 Å². The monoisotopic (exact) mass is 301 g/mol. The lowest BCUT2D eigenvalue weighted by Gasteiger charge is -2.21. The van der Waals surface area contributed by atoms with Gasteiger partial charge >= 0.3 is 0 Å². The molecular weight excluding hydrogens is 282 g/mol. The van der Waals surface area contributed by atoms with E-state index in [1.807, 2.05) is 6.07 Å². The van der Waals surface area contributed by atoms with E-state index in [0.717, 1.165) is 11.3 Å². The Labute approximate surface area is 128 Å². The minimum atomic E-state index is -0.574. The molecule has 1 amide bonds. The number of benzene rings is 1. The molecule has 0 aliphatic carbocycles. The van der Waals surface area contributed by atoms with Gasteiger partial charge in [-0.2, -0.15) is 5.10 Å². The second kappa shape index (κ2) is 6.29. The first-order chi connectivity index (χ1) is 10.6. The fraction of sp³-hybridized carbons (Fsp3) is 0.375. The molecule has 1 aromatic heterocycles. The van der Waals surface area contributed by atoms with Crippen LogP contribution in [0.15, 0.2) is 24.3 Å². The maximum Gasteiger partial charge on any atom is 0.257 e. The van der Waals surface area contributed by atoms with Crippen LogP contribution in [0.4, 0.5) is 5.82 Å². The molecule has 0 unspecified atom stereocenters. The van der Waals surface area contributed by atoms with Crippen LogP contribution in [0.5, 0.6) is 0 Å². The molecule has 1 saturated heterocycles. The lowest BCUT2D eigenvalue weighted by Crippen LogP contribution is -2.39. The van der Waals surface area contributed by atoms with Gasteiger partial charge in [-0.25, -0.2) is 0 Å². The minimum absolute atomic E-state index is 0.238. The molecule has 1 aromatic carbocycles. The molecule has 2 aromatic rings. The van der Waals surface area contributed by atoms with Crippen LogP contribution in [0.25, 0.3) is 11.3 Å². The molecule has 0 bridgehead atoms. The van der Waals surface area contributed by atoms with Crippen molar-refractivity contribution >= 4 is 11.7 Å². The van der Waals surface area contributed by atoms with Gasteiger partial charge in [0.05, 0.1) is 25.5 Å². The van der Waals surface area contributed by atoms with Gasteiger partial charge in [0.2, 0.25) is 0 Å². The van der Waals surface area contributed by atoms with Gasteiger partial charge < -0.3 is 14.8 Å². The van der Waals surface area contributed by atoms with E-state index in [0.29, 0.717) is 19.0 Å². The molecule has 1 atom stereocenters. The highest BCUT2D eigenvalue weighted by Gasteiger charge is 2.23. The number of H-pyrrole nitrogens is 1. The van der Waals surface area contributed by atoms with Crippen LogP contribution in [0.1, 0.15) is 11.1 Å². The van der Waals surface area contributed by atoms with E-state index in [-0.39, 0.29) is 12.5 Å². The average molecular weight is 301 g/mol. The summed E-state index contributed by atoms with van der Waals surface area (Å²) in [5, 5.41) is 9.83. The van der Waals surface area contributed by atoms with Crippen LogP contribution in [0, 0.1) is 13.8 Å². The van der Waals surface area contributed by atoms with Gasteiger partial charge in [0.15, 0.2) is 11.9 Å². The van der Waals surface area contributed by atoms with Crippen LogP contribution in [-0.4, -0.2) is 42.0 Å². The smallest absolute Gasteiger partial charge is 0.257 e. The molecule has 22 heavy (non-hydrogen) atoms. The molecule has 1 aliphatic heterocycles. The third-order valence-corrected chi connectivity index (χ3v) is 3.47. The molecule has 6 nitrogen and oxygen atoms in total. The molecule has 3 rings (SSSR count). The highest BCUT2D eigenvalue weighted by Crippen LogP contribution is 2.22. The topological polar surface area (TPSA) is 76.2 Å². The predicted octanol–water partition coefficient (Wildman–Crippen LogP) is 2.05. The Balaban J connectivity index is 1.72. The van der Waals surface area contributed by atoms with Crippen LogP contribution < -0.4 is 5.32 Å². The molecule has 0 saturated carbocycles. The number of carbonyl (C=O) groups excluding carboxylic acids is 1. The van der Waals surface area contributed by atoms with Gasteiger partial charge in [0.1, 0.15) is 0 Å². The van der Waals surface area contributed by atoms with Gasteiger partial charge in [-0.05, 0) is 26.0 Å². The van der Waals surface area contributed by atoms with Crippen molar-refractivity contribution in [3.8, 4) is 11.3 Å². The standard InChI is InChI=1S/C16H19N3O3/c1-10-5-11(2)7-12(6-10)13-8-15(19-18-13)17-16(20)14-9-21-3-4-22-14/h5-8,14H,3-4,9H2,1-2H3,(H2,17,18,19,20)/t14-/m0/s1. The number of nitrogens with zero attached hydrogens (tertiary/aromatic N) is 1. The number of hydrogen-bond acceptors (Lipinski definition) is 4. The first kappa shape index (κ1) is 14.7. The zero-order valence-electron chi connectivity index (χ0n) is 12.7. The fourth-order valence-electron chi connectivity index (χ4n) is 2.51. The van der Waals surface area contributed by atoms with Gasteiger partial charge in [-0.1, -0.05) is 17.2 Å². The lowest BCUT2D eigenvalue weighted by atomic mass is 10.1. The Hall–Kier alpha value is -2.18. The zero-order valence-corrected chi connectivity index (χ0v) is 12.7. The summed E-state index contributed by atoms with van der Waals surface area (Å²) in [6.07, 6.45) is -0.574. The molecule has 116 valence electrons. The normalized spacial score (nSPS) is 18.2. The molecule has 0 spiro atoms. The van der Waals surface area contributed by atoms with E-state index in [2.05, 4.69) is 47.6 Å². The first-order valence-electron chi connectivity index (χ1n) is 7.26. The molecule has 0 radical (unpaired) electrons. The number of amides is 1. The van der Waals surface area contributed by atoms with E-state index in [1.165, 1.54) is 11.1 Å². The van der Waals surface area contributed by atoms with Crippen molar-refractivity contribution in [1.82, 2.24) is 10.2 Å². The van der Waals surface area contributed by atoms with Gasteiger partial charge in [-0.3, -0.25) is 9.89 Å². The van der Waals surface area contributed by atoms with Crippen LogP contribution >= 0.6 is 0 Å². The van der Waals surface area contributed by atoms with E-state index in [1.54, 1.807) is 0 Å². The lowest BCUT2D eigenvalue weighted by molar-refractivity contribution is -0.142. The first-order valence-corrected chi connectivity index (χ1v) is 7.26. The van der Waals surface area contributed by atoms with E-state index in [4.69, 9.17) is 9.47 Å². The maximum absolute atomic E-state index is 12.1. The molecule has 1 fully saturated rings.